The molecule has 3 aromatic rings. The number of amides is 2. The summed E-state index contributed by atoms with van der Waals surface area (Å²) in [5.74, 6) is 1.40. The summed E-state index contributed by atoms with van der Waals surface area (Å²) < 4.78 is 2.15. The normalized spacial score (nSPS) is 9.68. The SMILES string of the molecule is CCCCCC.CCCSN(CC)c1ccc(C(=O)Nc2ccc(Cl)c(NC=O)c2)c(Cl)c1.CCCl.Cc1cccc(Cl)c1. The number of rotatable bonds is 12. The van der Waals surface area contributed by atoms with Crippen LogP contribution in [0.1, 0.15) is 82.6 Å². The van der Waals surface area contributed by atoms with Gasteiger partial charge in [-0.2, -0.15) is 0 Å². The van der Waals surface area contributed by atoms with Gasteiger partial charge in [-0.25, -0.2) is 0 Å². The Balaban J connectivity index is 0.000000881. The molecule has 0 aliphatic rings. The summed E-state index contributed by atoms with van der Waals surface area (Å²) in [6.45, 7) is 13.4. The molecule has 44 heavy (non-hydrogen) atoms. The highest BCUT2D eigenvalue weighted by molar-refractivity contribution is 8.00. The Morgan fingerprint density at radius 1 is 0.864 bits per heavy atom. The number of benzene rings is 3. The topological polar surface area (TPSA) is 61.4 Å². The third kappa shape index (κ3) is 18.0. The third-order valence-electron chi connectivity index (χ3n) is 5.60. The highest BCUT2D eigenvalue weighted by atomic mass is 35.5. The largest absolute Gasteiger partial charge is 0.327 e. The molecule has 10 heteroatoms. The molecule has 5 nitrogen and oxygen atoms in total. The van der Waals surface area contributed by atoms with Gasteiger partial charge in [0.1, 0.15) is 0 Å². The number of halogens is 4. The fourth-order valence-electron chi connectivity index (χ4n) is 3.47. The monoisotopic (exact) mass is 701 g/mol. The van der Waals surface area contributed by atoms with E-state index < -0.39 is 0 Å². The van der Waals surface area contributed by atoms with Crippen LogP contribution < -0.4 is 14.9 Å². The van der Waals surface area contributed by atoms with Crippen LogP contribution >= 0.6 is 58.4 Å². The molecule has 0 saturated heterocycles. The van der Waals surface area contributed by atoms with Crippen LogP contribution in [0.4, 0.5) is 17.1 Å². The zero-order valence-corrected chi connectivity index (χ0v) is 30.5. The number of carbonyl (C=O) groups excluding carboxylic acids is 2. The van der Waals surface area contributed by atoms with Gasteiger partial charge in [0.15, 0.2) is 0 Å². The molecule has 0 heterocycles. The van der Waals surface area contributed by atoms with Gasteiger partial charge in [0.25, 0.3) is 5.91 Å². The summed E-state index contributed by atoms with van der Waals surface area (Å²) in [7, 11) is 0. The Kier molecular flexibility index (Phi) is 24.9. The first-order valence-corrected chi connectivity index (χ1v) is 17.5. The van der Waals surface area contributed by atoms with Crippen LogP contribution in [0.3, 0.4) is 0 Å². The molecule has 0 bridgehead atoms. The summed E-state index contributed by atoms with van der Waals surface area (Å²) in [5, 5.41) is 6.82. The average Bonchev–Trinajstić information content (AvgIpc) is 2.99. The third-order valence-corrected chi connectivity index (χ3v) is 7.85. The molecular weight excluding hydrogens is 656 g/mol. The van der Waals surface area contributed by atoms with Crippen molar-refractivity contribution in [3.63, 3.8) is 0 Å². The average molecular weight is 704 g/mol. The predicted octanol–water partition coefficient (Wildman–Crippen LogP) is 12.2. The van der Waals surface area contributed by atoms with Crippen LogP contribution in [0.2, 0.25) is 15.1 Å². The van der Waals surface area contributed by atoms with Gasteiger partial charge in [0.2, 0.25) is 6.41 Å². The Bertz CT molecular complexity index is 1210. The maximum Gasteiger partial charge on any atom is 0.257 e. The van der Waals surface area contributed by atoms with Crippen molar-refractivity contribution in [2.45, 2.75) is 73.6 Å². The molecule has 0 saturated carbocycles. The second-order valence-corrected chi connectivity index (χ2v) is 12.3. The smallest absolute Gasteiger partial charge is 0.257 e. The molecule has 0 fully saturated rings. The van der Waals surface area contributed by atoms with Crippen LogP contribution in [0.5, 0.6) is 0 Å². The predicted molar refractivity (Wildman–Crippen MR) is 199 cm³/mol. The molecule has 0 aliphatic heterocycles. The highest BCUT2D eigenvalue weighted by Crippen LogP contribution is 2.29. The van der Waals surface area contributed by atoms with E-state index in [-0.39, 0.29) is 5.91 Å². The number of hydrogen-bond donors (Lipinski definition) is 2. The van der Waals surface area contributed by atoms with Gasteiger partial charge in [-0.05, 0) is 86.3 Å². The second-order valence-electron chi connectivity index (χ2n) is 9.38. The van der Waals surface area contributed by atoms with Gasteiger partial charge < -0.3 is 14.9 Å². The number of unbranched alkanes of at least 4 members (excludes halogenated alkanes) is 3. The number of aryl methyl sites for hydroxylation is 1. The molecule has 0 aliphatic carbocycles. The van der Waals surface area contributed by atoms with Gasteiger partial charge in [0.05, 0.1) is 21.3 Å². The van der Waals surface area contributed by atoms with Crippen molar-refractivity contribution in [3.8, 4) is 0 Å². The van der Waals surface area contributed by atoms with E-state index in [2.05, 4.69) is 42.6 Å². The van der Waals surface area contributed by atoms with Crippen LogP contribution in [0.25, 0.3) is 0 Å². The van der Waals surface area contributed by atoms with E-state index in [1.54, 1.807) is 42.3 Å². The van der Waals surface area contributed by atoms with Gasteiger partial charge in [0, 0.05) is 34.6 Å². The zero-order chi connectivity index (χ0) is 33.3. The molecule has 0 radical (unpaired) electrons. The Morgan fingerprint density at radius 3 is 2.00 bits per heavy atom. The molecule has 0 unspecified atom stereocenters. The molecule has 0 spiro atoms. The van der Waals surface area contributed by atoms with Crippen molar-refractivity contribution in [1.82, 2.24) is 0 Å². The van der Waals surface area contributed by atoms with E-state index >= 15 is 0 Å². The molecule has 2 amide bonds. The lowest BCUT2D eigenvalue weighted by Gasteiger charge is -2.22. The van der Waals surface area contributed by atoms with E-state index in [1.165, 1.54) is 31.2 Å². The van der Waals surface area contributed by atoms with Crippen LogP contribution in [0.15, 0.2) is 60.7 Å². The van der Waals surface area contributed by atoms with Crippen molar-refractivity contribution >= 4 is 87.7 Å². The Morgan fingerprint density at radius 2 is 1.52 bits per heavy atom. The quantitative estimate of drug-likeness (QED) is 0.0853. The highest BCUT2D eigenvalue weighted by Gasteiger charge is 2.14. The summed E-state index contributed by atoms with van der Waals surface area (Å²) in [4.78, 5) is 23.2. The summed E-state index contributed by atoms with van der Waals surface area (Å²) in [6.07, 6.45) is 7.14. The molecule has 244 valence electrons. The van der Waals surface area contributed by atoms with Crippen molar-refractivity contribution in [2.24, 2.45) is 0 Å². The van der Waals surface area contributed by atoms with Crippen molar-refractivity contribution in [2.75, 3.05) is 33.1 Å². The lowest BCUT2D eigenvalue weighted by Crippen LogP contribution is -2.16. The van der Waals surface area contributed by atoms with Gasteiger partial charge in [-0.3, -0.25) is 9.59 Å². The van der Waals surface area contributed by atoms with Gasteiger partial charge in [-0.15, -0.1) is 11.6 Å². The Labute approximate surface area is 289 Å². The van der Waals surface area contributed by atoms with Crippen LogP contribution in [-0.2, 0) is 4.79 Å². The number of nitrogens with zero attached hydrogens (tertiary/aromatic N) is 1. The number of anilines is 3. The first-order valence-electron chi connectivity index (χ1n) is 14.9. The summed E-state index contributed by atoms with van der Waals surface area (Å²) in [6, 6.07) is 18.0. The number of alkyl halides is 1. The van der Waals surface area contributed by atoms with E-state index in [0.29, 0.717) is 33.4 Å². The lowest BCUT2D eigenvalue weighted by atomic mass is 10.1. The van der Waals surface area contributed by atoms with Gasteiger partial charge in [-0.1, -0.05) is 100 Å². The summed E-state index contributed by atoms with van der Waals surface area (Å²) in [5.41, 5.74) is 3.45. The molecule has 3 aromatic carbocycles. The number of hydrogen-bond acceptors (Lipinski definition) is 4. The molecule has 3 rings (SSSR count). The molecule has 0 aromatic heterocycles. The number of carbonyl (C=O) groups is 2. The number of nitrogens with one attached hydrogen (secondary N) is 2. The maximum absolute atomic E-state index is 12.6. The molecular formula is C34H47Cl4N3O2S. The van der Waals surface area contributed by atoms with E-state index in [1.807, 2.05) is 44.2 Å². The maximum atomic E-state index is 12.6. The second kappa shape index (κ2) is 26.2. The lowest BCUT2D eigenvalue weighted by molar-refractivity contribution is -0.105. The van der Waals surface area contributed by atoms with Crippen molar-refractivity contribution < 1.29 is 9.59 Å². The minimum atomic E-state index is -0.338. The minimum Gasteiger partial charge on any atom is -0.327 e. The first-order chi connectivity index (χ1) is 21.1. The molecule has 2 N–H and O–H groups in total. The Hall–Kier alpha value is -2.09. The van der Waals surface area contributed by atoms with Crippen LogP contribution in [-0.4, -0.2) is 30.5 Å². The fourth-order valence-corrected chi connectivity index (χ4v) is 5.00. The van der Waals surface area contributed by atoms with E-state index in [0.717, 1.165) is 35.3 Å². The minimum absolute atomic E-state index is 0.338. The van der Waals surface area contributed by atoms with Crippen molar-refractivity contribution in [1.29, 1.82) is 0 Å². The zero-order valence-electron chi connectivity index (χ0n) is 26.7. The van der Waals surface area contributed by atoms with E-state index in [9.17, 15) is 9.59 Å². The standard InChI is InChI=1S/C19H21Cl2N3O2S.C7H7Cl.C6H14.C2H5Cl/c1-3-9-27-24(4-2)14-6-7-15(17(21)11-14)19(26)23-13-5-8-16(20)18(10-13)22-12-25;1-6-3-2-4-7(8)5-6;1-3-5-6-4-2;1-2-3/h5-8,10-12H,3-4,9H2,1-2H3,(H,22,25)(H,23,26);2-5H,1H3;3-6H2,1-2H3;2H2,1H3. The van der Waals surface area contributed by atoms with Crippen molar-refractivity contribution in [3.05, 3.63) is 86.9 Å². The summed E-state index contributed by atoms with van der Waals surface area (Å²) >= 11 is 24.7. The van der Waals surface area contributed by atoms with Crippen LogP contribution in [0, 0.1) is 6.92 Å². The van der Waals surface area contributed by atoms with Gasteiger partial charge >= 0.3 is 0 Å². The van der Waals surface area contributed by atoms with E-state index in [4.69, 9.17) is 46.4 Å². The fraction of sp³-hybridized carbons (Fsp3) is 0.412. The first kappa shape index (κ1) is 41.9. The molecule has 0 atom stereocenters.